The lowest BCUT2D eigenvalue weighted by atomic mass is 10.2. The standard InChI is InChI=1S/C20H23N5O2.HI/c1-21-20(23-12-14-8-9-17-18(11-14)27-13-26-17)22-10-4-7-19-24-15-5-2-3-6-16(15)25-19;/h2-3,5-6,8-9,11H,4,7,10,12-13H2,1H3,(H,24,25)(H2,21,22,23);1H. The van der Waals surface area contributed by atoms with Crippen molar-refractivity contribution in [3.8, 4) is 11.5 Å². The maximum absolute atomic E-state index is 5.41. The van der Waals surface area contributed by atoms with Crippen molar-refractivity contribution in [2.75, 3.05) is 20.4 Å². The monoisotopic (exact) mass is 493 g/mol. The molecule has 2 aromatic carbocycles. The van der Waals surface area contributed by atoms with Crippen LogP contribution in [0.5, 0.6) is 11.5 Å². The minimum absolute atomic E-state index is 0. The van der Waals surface area contributed by atoms with Crippen molar-refractivity contribution in [1.29, 1.82) is 0 Å². The van der Waals surface area contributed by atoms with E-state index in [0.29, 0.717) is 13.3 Å². The van der Waals surface area contributed by atoms with Gasteiger partial charge in [-0.1, -0.05) is 18.2 Å². The smallest absolute Gasteiger partial charge is 0.231 e. The third-order valence-corrected chi connectivity index (χ3v) is 4.44. The Bertz CT molecular complexity index is 924. The molecule has 0 bridgehead atoms. The number of aryl methyl sites for hydroxylation is 1. The van der Waals surface area contributed by atoms with E-state index in [-0.39, 0.29) is 24.0 Å². The number of hydrogen-bond donors (Lipinski definition) is 3. The number of aliphatic imine (C=N–C) groups is 1. The third-order valence-electron chi connectivity index (χ3n) is 4.44. The molecule has 0 saturated carbocycles. The average Bonchev–Trinajstić information content (AvgIpc) is 3.33. The normalized spacial score (nSPS) is 12.7. The quantitative estimate of drug-likeness (QED) is 0.213. The predicted molar refractivity (Wildman–Crippen MR) is 121 cm³/mol. The zero-order valence-corrected chi connectivity index (χ0v) is 18.0. The molecule has 1 aliphatic heterocycles. The summed E-state index contributed by atoms with van der Waals surface area (Å²) in [5.74, 6) is 3.38. The first-order valence-corrected chi connectivity index (χ1v) is 9.08. The van der Waals surface area contributed by atoms with Gasteiger partial charge in [-0.2, -0.15) is 0 Å². The van der Waals surface area contributed by atoms with E-state index >= 15 is 0 Å². The molecule has 148 valence electrons. The van der Waals surface area contributed by atoms with Crippen molar-refractivity contribution < 1.29 is 9.47 Å². The van der Waals surface area contributed by atoms with Gasteiger partial charge < -0.3 is 25.1 Å². The van der Waals surface area contributed by atoms with Crippen LogP contribution in [0.3, 0.4) is 0 Å². The van der Waals surface area contributed by atoms with Crippen molar-refractivity contribution in [1.82, 2.24) is 20.6 Å². The second-order valence-electron chi connectivity index (χ2n) is 6.34. The van der Waals surface area contributed by atoms with Crippen LogP contribution in [0.1, 0.15) is 17.8 Å². The first kappa shape index (κ1) is 20.2. The van der Waals surface area contributed by atoms with Crippen LogP contribution >= 0.6 is 24.0 Å². The molecule has 0 unspecified atom stereocenters. The third kappa shape index (κ3) is 4.86. The first-order valence-electron chi connectivity index (χ1n) is 9.08. The minimum Gasteiger partial charge on any atom is -0.454 e. The molecule has 0 radical (unpaired) electrons. The van der Waals surface area contributed by atoms with Crippen molar-refractivity contribution in [2.45, 2.75) is 19.4 Å². The van der Waals surface area contributed by atoms with E-state index in [1.54, 1.807) is 7.05 Å². The topological polar surface area (TPSA) is 83.6 Å². The summed E-state index contributed by atoms with van der Waals surface area (Å²) in [7, 11) is 1.77. The fourth-order valence-electron chi connectivity index (χ4n) is 3.04. The van der Waals surface area contributed by atoms with Crippen LogP contribution in [-0.4, -0.2) is 36.3 Å². The molecular weight excluding hydrogens is 469 g/mol. The molecule has 3 aromatic rings. The van der Waals surface area contributed by atoms with Crippen molar-refractivity contribution in [3.05, 3.63) is 53.9 Å². The zero-order chi connectivity index (χ0) is 18.5. The van der Waals surface area contributed by atoms with Crippen LogP contribution in [0.4, 0.5) is 0 Å². The molecule has 0 atom stereocenters. The molecule has 0 fully saturated rings. The Balaban J connectivity index is 0.00000225. The summed E-state index contributed by atoms with van der Waals surface area (Å²) < 4.78 is 10.7. The van der Waals surface area contributed by atoms with E-state index in [1.807, 2.05) is 42.5 Å². The van der Waals surface area contributed by atoms with Crippen molar-refractivity contribution in [2.24, 2.45) is 4.99 Å². The Kier molecular flexibility index (Phi) is 6.96. The molecule has 0 aliphatic carbocycles. The fourth-order valence-corrected chi connectivity index (χ4v) is 3.04. The largest absolute Gasteiger partial charge is 0.454 e. The number of aromatic nitrogens is 2. The Hall–Kier alpha value is -2.49. The summed E-state index contributed by atoms with van der Waals surface area (Å²) >= 11 is 0. The molecule has 2 heterocycles. The average molecular weight is 493 g/mol. The second-order valence-corrected chi connectivity index (χ2v) is 6.34. The van der Waals surface area contributed by atoms with Gasteiger partial charge in [-0.05, 0) is 36.2 Å². The number of hydrogen-bond acceptors (Lipinski definition) is 4. The molecule has 1 aromatic heterocycles. The first-order chi connectivity index (χ1) is 13.3. The van der Waals surface area contributed by atoms with Gasteiger partial charge in [0.15, 0.2) is 17.5 Å². The molecule has 8 heteroatoms. The highest BCUT2D eigenvalue weighted by atomic mass is 127. The molecule has 3 N–H and O–H groups in total. The minimum atomic E-state index is 0. The van der Waals surface area contributed by atoms with Gasteiger partial charge in [0.1, 0.15) is 5.82 Å². The van der Waals surface area contributed by atoms with Crippen LogP contribution < -0.4 is 20.1 Å². The highest BCUT2D eigenvalue weighted by molar-refractivity contribution is 14.0. The predicted octanol–water partition coefficient (Wildman–Crippen LogP) is 3.21. The number of rotatable bonds is 6. The number of halogens is 1. The summed E-state index contributed by atoms with van der Waals surface area (Å²) in [6.45, 7) is 1.78. The fraction of sp³-hybridized carbons (Fsp3) is 0.300. The van der Waals surface area contributed by atoms with Crippen LogP contribution in [0.2, 0.25) is 0 Å². The Morgan fingerprint density at radius 2 is 2.00 bits per heavy atom. The number of benzene rings is 2. The van der Waals surface area contributed by atoms with E-state index < -0.39 is 0 Å². The molecule has 0 spiro atoms. The summed E-state index contributed by atoms with van der Waals surface area (Å²) in [6.07, 6.45) is 1.85. The summed E-state index contributed by atoms with van der Waals surface area (Å²) in [4.78, 5) is 12.2. The van der Waals surface area contributed by atoms with Crippen LogP contribution in [0.25, 0.3) is 11.0 Å². The van der Waals surface area contributed by atoms with Crippen LogP contribution in [0.15, 0.2) is 47.5 Å². The number of para-hydroxylation sites is 2. The Morgan fingerprint density at radius 3 is 2.86 bits per heavy atom. The molecule has 4 rings (SSSR count). The number of nitrogens with one attached hydrogen (secondary N) is 3. The maximum Gasteiger partial charge on any atom is 0.231 e. The Labute approximate surface area is 181 Å². The van der Waals surface area contributed by atoms with Gasteiger partial charge in [-0.25, -0.2) is 4.98 Å². The molecule has 0 amide bonds. The number of guanidine groups is 1. The van der Waals surface area contributed by atoms with Crippen LogP contribution in [-0.2, 0) is 13.0 Å². The molecule has 1 aliphatic rings. The SMILES string of the molecule is CN=C(NCCCc1nc2ccccc2[nH]1)NCc1ccc2c(c1)OCO2.I. The Morgan fingerprint density at radius 1 is 1.14 bits per heavy atom. The van der Waals surface area contributed by atoms with Gasteiger partial charge in [-0.15, -0.1) is 24.0 Å². The van der Waals surface area contributed by atoms with Gasteiger partial charge in [0, 0.05) is 26.6 Å². The number of aromatic amines is 1. The number of fused-ring (bicyclic) bond motifs is 2. The number of ether oxygens (including phenoxy) is 2. The zero-order valence-electron chi connectivity index (χ0n) is 15.7. The highest BCUT2D eigenvalue weighted by Gasteiger charge is 2.13. The summed E-state index contributed by atoms with van der Waals surface area (Å²) in [5.41, 5.74) is 3.22. The number of H-pyrrole nitrogens is 1. The van der Waals surface area contributed by atoms with E-state index in [4.69, 9.17) is 9.47 Å². The van der Waals surface area contributed by atoms with Gasteiger partial charge in [0.25, 0.3) is 0 Å². The highest BCUT2D eigenvalue weighted by Crippen LogP contribution is 2.32. The maximum atomic E-state index is 5.41. The number of nitrogens with zero attached hydrogens (tertiary/aromatic N) is 2. The summed E-state index contributed by atoms with van der Waals surface area (Å²) in [6, 6.07) is 14.0. The van der Waals surface area contributed by atoms with E-state index in [2.05, 4.69) is 25.6 Å². The summed E-state index contributed by atoms with van der Waals surface area (Å²) in [5, 5.41) is 6.65. The molecular formula is C20H24IN5O2. The van der Waals surface area contributed by atoms with Crippen molar-refractivity contribution in [3.63, 3.8) is 0 Å². The van der Waals surface area contributed by atoms with Gasteiger partial charge in [0.2, 0.25) is 6.79 Å². The van der Waals surface area contributed by atoms with Crippen molar-refractivity contribution >= 4 is 41.0 Å². The number of imidazole rings is 1. The molecule has 0 saturated heterocycles. The van der Waals surface area contributed by atoms with Gasteiger partial charge in [0.05, 0.1) is 11.0 Å². The van der Waals surface area contributed by atoms with Crippen LogP contribution in [0, 0.1) is 0 Å². The van der Waals surface area contributed by atoms with E-state index in [1.165, 1.54) is 0 Å². The van der Waals surface area contributed by atoms with Gasteiger partial charge in [-0.3, -0.25) is 4.99 Å². The van der Waals surface area contributed by atoms with E-state index in [9.17, 15) is 0 Å². The lowest BCUT2D eigenvalue weighted by molar-refractivity contribution is 0.174. The second kappa shape index (κ2) is 9.63. The van der Waals surface area contributed by atoms with Gasteiger partial charge >= 0.3 is 0 Å². The van der Waals surface area contributed by atoms with E-state index in [0.717, 1.165) is 59.3 Å². The lowest BCUT2D eigenvalue weighted by Gasteiger charge is -2.12. The molecule has 7 nitrogen and oxygen atoms in total. The lowest BCUT2D eigenvalue weighted by Crippen LogP contribution is -2.37. The molecule has 28 heavy (non-hydrogen) atoms.